The lowest BCUT2D eigenvalue weighted by Gasteiger charge is -2.07. The molecule has 0 saturated carbocycles. The van der Waals surface area contributed by atoms with E-state index in [4.69, 9.17) is 0 Å². The summed E-state index contributed by atoms with van der Waals surface area (Å²) in [5.41, 5.74) is 1.32. The molecule has 3 heteroatoms. The van der Waals surface area contributed by atoms with Crippen LogP contribution >= 0.6 is 0 Å². The molecule has 0 bridgehead atoms. The number of hydrogen-bond acceptors (Lipinski definition) is 1. The first-order chi connectivity index (χ1) is 9.33. The highest BCUT2D eigenvalue weighted by Crippen LogP contribution is 2.01. The third-order valence-corrected chi connectivity index (χ3v) is 3.09. The maximum atomic E-state index is 11.5. The molecule has 106 valence electrons. The first kappa shape index (κ1) is 15.5. The normalized spacial score (nSPS) is 10.2. The van der Waals surface area contributed by atoms with Crippen LogP contribution in [0.15, 0.2) is 30.3 Å². The first-order valence-electron chi connectivity index (χ1n) is 7.38. The summed E-state index contributed by atoms with van der Waals surface area (Å²) in [6, 6.07) is 10.3. The minimum Gasteiger partial charge on any atom is -0.338 e. The zero-order valence-electron chi connectivity index (χ0n) is 12.0. The van der Waals surface area contributed by atoms with E-state index < -0.39 is 0 Å². The molecule has 0 unspecified atom stereocenters. The molecule has 19 heavy (non-hydrogen) atoms. The molecular weight excluding hydrogens is 236 g/mol. The van der Waals surface area contributed by atoms with Crippen LogP contribution in [0.25, 0.3) is 0 Å². The summed E-state index contributed by atoms with van der Waals surface area (Å²) in [5.74, 6) is 0. The van der Waals surface area contributed by atoms with Crippen molar-refractivity contribution in [2.24, 2.45) is 0 Å². The summed E-state index contributed by atoms with van der Waals surface area (Å²) in [6.07, 6.45) is 6.74. The number of benzene rings is 1. The van der Waals surface area contributed by atoms with Crippen molar-refractivity contribution in [2.75, 3.05) is 13.1 Å². The Labute approximate surface area is 116 Å². The molecule has 1 aromatic rings. The highest BCUT2D eigenvalue weighted by atomic mass is 16.2. The van der Waals surface area contributed by atoms with Crippen molar-refractivity contribution in [2.45, 2.75) is 45.4 Å². The third kappa shape index (κ3) is 8.25. The fourth-order valence-corrected chi connectivity index (χ4v) is 1.96. The van der Waals surface area contributed by atoms with Gasteiger partial charge in [-0.3, -0.25) is 0 Å². The van der Waals surface area contributed by atoms with Gasteiger partial charge < -0.3 is 10.6 Å². The van der Waals surface area contributed by atoms with Crippen LogP contribution in [-0.4, -0.2) is 19.1 Å². The summed E-state index contributed by atoms with van der Waals surface area (Å²) < 4.78 is 0. The van der Waals surface area contributed by atoms with Crippen molar-refractivity contribution in [3.05, 3.63) is 35.9 Å². The largest absolute Gasteiger partial charge is 0.338 e. The Morgan fingerprint density at radius 3 is 2.32 bits per heavy atom. The number of urea groups is 1. The Hall–Kier alpha value is -1.51. The minimum atomic E-state index is -0.0374. The molecule has 0 spiro atoms. The van der Waals surface area contributed by atoms with Crippen LogP contribution in [0.1, 0.15) is 44.6 Å². The van der Waals surface area contributed by atoms with E-state index in [2.05, 4.69) is 29.7 Å². The van der Waals surface area contributed by atoms with E-state index in [9.17, 15) is 4.79 Å². The Kier molecular flexibility index (Phi) is 8.52. The summed E-state index contributed by atoms with van der Waals surface area (Å²) in [6.45, 7) is 3.70. The molecule has 0 radical (unpaired) electrons. The Balaban J connectivity index is 1.95. The van der Waals surface area contributed by atoms with Gasteiger partial charge in [0, 0.05) is 13.1 Å². The van der Waals surface area contributed by atoms with Crippen molar-refractivity contribution >= 4 is 6.03 Å². The maximum Gasteiger partial charge on any atom is 0.314 e. The second-order valence-corrected chi connectivity index (χ2v) is 4.83. The van der Waals surface area contributed by atoms with Crippen molar-refractivity contribution in [1.82, 2.24) is 10.6 Å². The van der Waals surface area contributed by atoms with Gasteiger partial charge in [-0.1, -0.05) is 56.5 Å². The third-order valence-electron chi connectivity index (χ3n) is 3.09. The summed E-state index contributed by atoms with van der Waals surface area (Å²) in [4.78, 5) is 11.5. The molecule has 2 N–H and O–H groups in total. The number of carbonyl (C=O) groups excluding carboxylic acids is 1. The number of aryl methyl sites for hydroxylation is 1. The van der Waals surface area contributed by atoms with E-state index in [1.165, 1.54) is 24.8 Å². The van der Waals surface area contributed by atoms with E-state index >= 15 is 0 Å². The van der Waals surface area contributed by atoms with E-state index in [-0.39, 0.29) is 6.03 Å². The maximum absolute atomic E-state index is 11.5. The molecule has 3 nitrogen and oxygen atoms in total. The number of unbranched alkanes of at least 4 members (excludes halogenated alkanes) is 3. The quantitative estimate of drug-likeness (QED) is 0.657. The van der Waals surface area contributed by atoms with Crippen molar-refractivity contribution in [3.63, 3.8) is 0 Å². The van der Waals surface area contributed by atoms with Crippen LogP contribution in [0.4, 0.5) is 4.79 Å². The van der Waals surface area contributed by atoms with Gasteiger partial charge in [0.1, 0.15) is 0 Å². The minimum absolute atomic E-state index is 0.0374. The number of nitrogens with one attached hydrogen (secondary N) is 2. The lowest BCUT2D eigenvalue weighted by atomic mass is 10.1. The molecule has 0 saturated heterocycles. The lowest BCUT2D eigenvalue weighted by Crippen LogP contribution is -2.36. The molecule has 1 rings (SSSR count). The van der Waals surface area contributed by atoms with Gasteiger partial charge in [0.15, 0.2) is 0 Å². The smallest absolute Gasteiger partial charge is 0.314 e. The summed E-state index contributed by atoms with van der Waals surface area (Å²) >= 11 is 0. The van der Waals surface area contributed by atoms with Crippen molar-refractivity contribution < 1.29 is 4.79 Å². The van der Waals surface area contributed by atoms with Gasteiger partial charge in [-0.15, -0.1) is 0 Å². The Morgan fingerprint density at radius 1 is 0.947 bits per heavy atom. The fourth-order valence-electron chi connectivity index (χ4n) is 1.96. The second-order valence-electron chi connectivity index (χ2n) is 4.83. The van der Waals surface area contributed by atoms with Crippen LogP contribution in [0, 0.1) is 0 Å². The van der Waals surface area contributed by atoms with Gasteiger partial charge in [0.2, 0.25) is 0 Å². The van der Waals surface area contributed by atoms with Gasteiger partial charge in [-0.25, -0.2) is 4.79 Å². The fraction of sp³-hybridized carbons (Fsp3) is 0.562. The van der Waals surface area contributed by atoms with Crippen LogP contribution in [0.2, 0.25) is 0 Å². The number of carbonyl (C=O) groups is 1. The van der Waals surface area contributed by atoms with Crippen LogP contribution in [0.5, 0.6) is 0 Å². The van der Waals surface area contributed by atoms with Crippen molar-refractivity contribution in [1.29, 1.82) is 0 Å². The summed E-state index contributed by atoms with van der Waals surface area (Å²) in [5, 5.41) is 5.78. The second kappa shape index (κ2) is 10.4. The van der Waals surface area contributed by atoms with E-state index in [1.807, 2.05) is 18.2 Å². The topological polar surface area (TPSA) is 41.1 Å². The molecule has 0 aliphatic heterocycles. The Bertz CT molecular complexity index is 338. The zero-order valence-corrected chi connectivity index (χ0v) is 12.0. The molecular formula is C16H26N2O. The van der Waals surface area contributed by atoms with E-state index in [1.54, 1.807) is 0 Å². The summed E-state index contributed by atoms with van der Waals surface area (Å²) in [7, 11) is 0. The standard InChI is InChI=1S/C16H26N2O/c1-2-3-4-8-13-17-16(19)18-14-9-12-15-10-6-5-7-11-15/h5-7,10-11H,2-4,8-9,12-14H2,1H3,(H2,17,18,19). The average molecular weight is 262 g/mol. The monoisotopic (exact) mass is 262 g/mol. The average Bonchev–Trinajstić information content (AvgIpc) is 2.44. The lowest BCUT2D eigenvalue weighted by molar-refractivity contribution is 0.240. The molecule has 1 aromatic carbocycles. The molecule has 0 aliphatic rings. The van der Waals surface area contributed by atoms with Gasteiger partial charge in [0.25, 0.3) is 0 Å². The van der Waals surface area contributed by atoms with Crippen LogP contribution in [-0.2, 0) is 6.42 Å². The molecule has 0 aromatic heterocycles. The zero-order chi connectivity index (χ0) is 13.8. The molecule has 0 fully saturated rings. The molecule has 0 aliphatic carbocycles. The first-order valence-corrected chi connectivity index (χ1v) is 7.38. The molecule has 0 heterocycles. The SMILES string of the molecule is CCCCCCNC(=O)NCCCc1ccccc1. The predicted molar refractivity (Wildman–Crippen MR) is 80.3 cm³/mol. The molecule has 2 amide bonds. The highest BCUT2D eigenvalue weighted by molar-refractivity contribution is 5.73. The Morgan fingerprint density at radius 2 is 1.63 bits per heavy atom. The number of amides is 2. The highest BCUT2D eigenvalue weighted by Gasteiger charge is 1.98. The predicted octanol–water partition coefficient (Wildman–Crippen LogP) is 3.50. The van der Waals surface area contributed by atoms with Gasteiger partial charge in [0.05, 0.1) is 0 Å². The van der Waals surface area contributed by atoms with Gasteiger partial charge in [-0.2, -0.15) is 0 Å². The number of rotatable bonds is 9. The van der Waals surface area contributed by atoms with Crippen LogP contribution in [0.3, 0.4) is 0 Å². The van der Waals surface area contributed by atoms with Gasteiger partial charge in [-0.05, 0) is 24.8 Å². The van der Waals surface area contributed by atoms with E-state index in [0.29, 0.717) is 0 Å². The van der Waals surface area contributed by atoms with Crippen molar-refractivity contribution in [3.8, 4) is 0 Å². The van der Waals surface area contributed by atoms with Gasteiger partial charge >= 0.3 is 6.03 Å². The molecule has 0 atom stereocenters. The van der Waals surface area contributed by atoms with E-state index in [0.717, 1.165) is 32.4 Å². The number of hydrogen-bond donors (Lipinski definition) is 2. The van der Waals surface area contributed by atoms with Crippen LogP contribution < -0.4 is 10.6 Å².